The Morgan fingerprint density at radius 3 is 2.00 bits per heavy atom. The molecule has 4 rings (SSSR count). The van der Waals surface area contributed by atoms with Gasteiger partial charge in [0, 0.05) is 12.6 Å². The molecule has 0 radical (unpaired) electrons. The van der Waals surface area contributed by atoms with E-state index in [2.05, 4.69) is 5.32 Å². The lowest BCUT2D eigenvalue weighted by Gasteiger charge is -2.32. The number of carbonyl (C=O) groups is 2. The van der Waals surface area contributed by atoms with Crippen molar-refractivity contribution in [2.24, 2.45) is 0 Å². The summed E-state index contributed by atoms with van der Waals surface area (Å²) in [5.41, 5.74) is 2.74. The summed E-state index contributed by atoms with van der Waals surface area (Å²) in [6.07, 6.45) is 0.122. The second-order valence-electron chi connectivity index (χ2n) is 9.27. The van der Waals surface area contributed by atoms with Gasteiger partial charge in [-0.3, -0.25) is 9.59 Å². The minimum atomic E-state index is -0.991. The number of nitrogens with zero attached hydrogens (tertiary/aromatic N) is 1. The molecule has 4 aromatic carbocycles. The Hall–Kier alpha value is -4.98. The molecule has 0 saturated heterocycles. The van der Waals surface area contributed by atoms with Gasteiger partial charge in [0.2, 0.25) is 5.91 Å². The lowest BCUT2D eigenvalue weighted by Crippen LogP contribution is -2.41. The first-order valence-electron chi connectivity index (χ1n) is 13.1. The fourth-order valence-electron chi connectivity index (χ4n) is 4.51. The Morgan fingerprint density at radius 1 is 0.683 bits per heavy atom. The molecular formula is C33H34N2O6. The first kappa shape index (κ1) is 29.0. The van der Waals surface area contributed by atoms with Crippen molar-refractivity contribution in [3.63, 3.8) is 0 Å². The van der Waals surface area contributed by atoms with Crippen LogP contribution >= 0.6 is 0 Å². The first-order chi connectivity index (χ1) is 19.9. The van der Waals surface area contributed by atoms with Gasteiger partial charge in [0.15, 0.2) is 0 Å². The van der Waals surface area contributed by atoms with Crippen LogP contribution in [0, 0.1) is 0 Å². The van der Waals surface area contributed by atoms with Crippen molar-refractivity contribution in [2.75, 3.05) is 33.8 Å². The number of nitrogens with one attached hydrogen (secondary N) is 1. The van der Waals surface area contributed by atoms with E-state index in [1.54, 1.807) is 62.6 Å². The van der Waals surface area contributed by atoms with Crippen LogP contribution in [0.15, 0.2) is 97.1 Å². The second-order valence-corrected chi connectivity index (χ2v) is 9.27. The fraction of sp³-hybridized carbons (Fsp3) is 0.212. The van der Waals surface area contributed by atoms with Gasteiger partial charge in [0.05, 0.1) is 40.5 Å². The minimum Gasteiger partial charge on any atom is -0.497 e. The summed E-state index contributed by atoms with van der Waals surface area (Å²) in [6.45, 7) is 0.185. The van der Waals surface area contributed by atoms with Crippen molar-refractivity contribution in [1.82, 2.24) is 4.90 Å². The number of hydrogen-bond acceptors (Lipinski definition) is 6. The number of anilines is 1. The summed E-state index contributed by atoms with van der Waals surface area (Å²) >= 11 is 0. The van der Waals surface area contributed by atoms with Gasteiger partial charge in [-0.15, -0.1) is 0 Å². The second kappa shape index (κ2) is 13.9. The summed E-state index contributed by atoms with van der Waals surface area (Å²) in [7, 11) is 6.23. The lowest BCUT2D eigenvalue weighted by atomic mass is 10.0. The molecule has 0 spiro atoms. The third-order valence-electron chi connectivity index (χ3n) is 6.67. The number of ether oxygens (including phenoxy) is 4. The molecule has 0 bridgehead atoms. The quantitative estimate of drug-likeness (QED) is 0.243. The molecule has 1 N–H and O–H groups in total. The summed E-state index contributed by atoms with van der Waals surface area (Å²) < 4.78 is 21.6. The highest BCUT2D eigenvalue weighted by atomic mass is 16.5. The molecule has 0 aliphatic carbocycles. The maximum Gasteiger partial charge on any atom is 0.251 e. The first-order valence-corrected chi connectivity index (χ1v) is 13.1. The van der Waals surface area contributed by atoms with Gasteiger partial charge in [-0.05, 0) is 53.1 Å². The van der Waals surface area contributed by atoms with Crippen molar-refractivity contribution < 1.29 is 28.5 Å². The van der Waals surface area contributed by atoms with Crippen LogP contribution in [0.5, 0.6) is 23.0 Å². The molecule has 0 saturated carbocycles. The highest BCUT2D eigenvalue weighted by molar-refractivity contribution is 5.99. The molecule has 0 aliphatic rings. The van der Waals surface area contributed by atoms with Crippen molar-refractivity contribution in [1.29, 1.82) is 0 Å². The van der Waals surface area contributed by atoms with Gasteiger partial charge in [0.1, 0.15) is 29.0 Å². The van der Waals surface area contributed by atoms with Crippen LogP contribution < -0.4 is 24.3 Å². The molecule has 1 unspecified atom stereocenters. The smallest absolute Gasteiger partial charge is 0.251 e. The van der Waals surface area contributed by atoms with E-state index >= 15 is 0 Å². The number of amides is 2. The molecule has 1 atom stereocenters. The Kier molecular flexibility index (Phi) is 9.83. The molecule has 41 heavy (non-hydrogen) atoms. The third-order valence-corrected chi connectivity index (χ3v) is 6.67. The molecule has 0 aromatic heterocycles. The molecule has 2 amide bonds. The molecule has 212 valence electrons. The summed E-state index contributed by atoms with van der Waals surface area (Å²) in [6, 6.07) is 28.2. The van der Waals surface area contributed by atoms with Gasteiger partial charge in [0.25, 0.3) is 5.91 Å². The van der Waals surface area contributed by atoms with Crippen molar-refractivity contribution in [2.45, 2.75) is 19.0 Å². The van der Waals surface area contributed by atoms with Crippen molar-refractivity contribution >= 4 is 17.5 Å². The van der Waals surface area contributed by atoms with Gasteiger partial charge < -0.3 is 29.2 Å². The van der Waals surface area contributed by atoms with Crippen LogP contribution in [-0.4, -0.2) is 45.2 Å². The summed E-state index contributed by atoms with van der Waals surface area (Å²) in [4.78, 5) is 29.8. The molecule has 0 aliphatic heterocycles. The normalized spacial score (nSPS) is 11.2. The van der Waals surface area contributed by atoms with Crippen LogP contribution in [-0.2, 0) is 22.6 Å². The predicted octanol–water partition coefficient (Wildman–Crippen LogP) is 5.67. The molecular weight excluding hydrogens is 520 g/mol. The summed E-state index contributed by atoms with van der Waals surface area (Å²) in [5, 5.41) is 2.98. The highest BCUT2D eigenvalue weighted by Crippen LogP contribution is 2.33. The molecule has 0 fully saturated rings. The maximum absolute atomic E-state index is 14.2. The molecule has 8 heteroatoms. The zero-order valence-corrected chi connectivity index (χ0v) is 23.6. The molecule has 0 heterocycles. The van der Waals surface area contributed by atoms with Crippen LogP contribution in [0.1, 0.15) is 22.7 Å². The van der Waals surface area contributed by atoms with E-state index in [1.165, 1.54) is 7.11 Å². The number of hydrogen-bond donors (Lipinski definition) is 1. The minimum absolute atomic E-state index is 0.122. The predicted molar refractivity (Wildman–Crippen MR) is 158 cm³/mol. The highest BCUT2D eigenvalue weighted by Gasteiger charge is 2.32. The molecule has 8 nitrogen and oxygen atoms in total. The van der Waals surface area contributed by atoms with Gasteiger partial charge >= 0.3 is 0 Å². The van der Waals surface area contributed by atoms with E-state index in [-0.39, 0.29) is 18.9 Å². The standard InChI is InChI=1S/C33H34N2O6/c1-38-26-15-13-24(14-16-26)22-35(31(36)19-23-9-6-5-7-10-23)32(25-11-8-12-27(20-25)39-2)33(37)34-29-18-17-28(40-3)21-30(29)41-4/h5-18,20-21,32H,19,22H2,1-4H3,(H,34,37). The summed E-state index contributed by atoms with van der Waals surface area (Å²) in [5.74, 6) is 1.67. The van der Waals surface area contributed by atoms with Crippen molar-refractivity contribution in [3.05, 3.63) is 114 Å². The van der Waals surface area contributed by atoms with Crippen LogP contribution in [0.25, 0.3) is 0 Å². The SMILES string of the molecule is COc1ccc(CN(C(=O)Cc2ccccc2)C(C(=O)Nc2ccc(OC)cc2OC)c2cccc(OC)c2)cc1. The van der Waals surface area contributed by atoms with E-state index in [1.807, 2.05) is 60.7 Å². The fourth-order valence-corrected chi connectivity index (χ4v) is 4.51. The van der Waals surface area contributed by atoms with Gasteiger partial charge in [-0.25, -0.2) is 0 Å². The molecule has 4 aromatic rings. The zero-order chi connectivity index (χ0) is 29.2. The zero-order valence-electron chi connectivity index (χ0n) is 23.6. The van der Waals surface area contributed by atoms with E-state index in [0.29, 0.717) is 34.2 Å². The van der Waals surface area contributed by atoms with E-state index in [4.69, 9.17) is 18.9 Å². The Morgan fingerprint density at radius 2 is 1.34 bits per heavy atom. The Bertz CT molecular complexity index is 1460. The number of methoxy groups -OCH3 is 4. The number of benzene rings is 4. The van der Waals surface area contributed by atoms with E-state index in [9.17, 15) is 9.59 Å². The lowest BCUT2D eigenvalue weighted by molar-refractivity contribution is -0.139. The van der Waals surface area contributed by atoms with Crippen molar-refractivity contribution in [3.8, 4) is 23.0 Å². The third kappa shape index (κ3) is 7.36. The largest absolute Gasteiger partial charge is 0.497 e. The van der Waals surface area contributed by atoms with Gasteiger partial charge in [-0.1, -0.05) is 54.6 Å². The maximum atomic E-state index is 14.2. The van der Waals surface area contributed by atoms with E-state index < -0.39 is 11.9 Å². The monoisotopic (exact) mass is 554 g/mol. The average Bonchev–Trinajstić information content (AvgIpc) is 3.01. The number of rotatable bonds is 12. The Labute approximate surface area is 240 Å². The Balaban J connectivity index is 1.78. The van der Waals surface area contributed by atoms with Crippen LogP contribution in [0.2, 0.25) is 0 Å². The van der Waals surface area contributed by atoms with Gasteiger partial charge in [-0.2, -0.15) is 0 Å². The number of carbonyl (C=O) groups excluding carboxylic acids is 2. The van der Waals surface area contributed by atoms with Crippen LogP contribution in [0.4, 0.5) is 5.69 Å². The van der Waals surface area contributed by atoms with Crippen LogP contribution in [0.3, 0.4) is 0 Å². The topological polar surface area (TPSA) is 86.3 Å². The average molecular weight is 555 g/mol. The van der Waals surface area contributed by atoms with E-state index in [0.717, 1.165) is 11.1 Å².